The van der Waals surface area contributed by atoms with Gasteiger partial charge in [-0.05, 0) is 44.5 Å². The molecular weight excluding hydrogens is 605 g/mol. The minimum Gasteiger partial charge on any atom is -0.443 e. The third-order valence-electron chi connectivity index (χ3n) is 6.11. The van der Waals surface area contributed by atoms with Crippen molar-refractivity contribution in [2.75, 3.05) is 0 Å². The number of ether oxygens (including phenoxy) is 1. The van der Waals surface area contributed by atoms with Crippen LogP contribution in [0.1, 0.15) is 39.1 Å². The number of nitro benzene ring substituents is 1. The molecule has 0 spiro atoms. The molecule has 0 aliphatic carbocycles. The zero-order valence-corrected chi connectivity index (χ0v) is 25.1. The highest BCUT2D eigenvalue weighted by atomic mass is 35.5. The Morgan fingerprint density at radius 1 is 1.14 bits per heavy atom. The molecular formula is C28H27ClFN5O7S. The molecule has 0 saturated carbocycles. The first-order valence-electron chi connectivity index (χ1n) is 12.9. The summed E-state index contributed by atoms with van der Waals surface area (Å²) in [6.45, 7) is 6.26. The quantitative estimate of drug-likeness (QED) is 0.205. The van der Waals surface area contributed by atoms with Gasteiger partial charge in [-0.1, -0.05) is 48.9 Å². The summed E-state index contributed by atoms with van der Waals surface area (Å²) in [5.74, 6) is -0.458. The number of amides is 1. The Morgan fingerprint density at radius 3 is 2.47 bits per heavy atom. The fourth-order valence-corrected chi connectivity index (χ4v) is 5.51. The molecule has 0 saturated heterocycles. The van der Waals surface area contributed by atoms with Gasteiger partial charge < -0.3 is 4.74 Å². The van der Waals surface area contributed by atoms with Gasteiger partial charge in [0, 0.05) is 29.7 Å². The van der Waals surface area contributed by atoms with Crippen molar-refractivity contribution in [2.45, 2.75) is 51.2 Å². The molecule has 1 heterocycles. The number of nitrogens with one attached hydrogen (secondary N) is 1. The van der Waals surface area contributed by atoms with Crippen molar-refractivity contribution in [2.24, 2.45) is 0 Å². The molecule has 4 rings (SSSR count). The molecule has 1 aromatic heterocycles. The van der Waals surface area contributed by atoms with Crippen molar-refractivity contribution in [1.29, 1.82) is 0 Å². The van der Waals surface area contributed by atoms with Gasteiger partial charge in [-0.25, -0.2) is 27.1 Å². The summed E-state index contributed by atoms with van der Waals surface area (Å²) < 4.78 is 50.6. The highest BCUT2D eigenvalue weighted by Gasteiger charge is 2.26. The maximum absolute atomic E-state index is 15.5. The second kappa shape index (κ2) is 12.0. The molecule has 1 amide bonds. The van der Waals surface area contributed by atoms with Crippen molar-refractivity contribution < 1.29 is 27.3 Å². The Bertz CT molecular complexity index is 1900. The van der Waals surface area contributed by atoms with Gasteiger partial charge in [-0.15, -0.1) is 5.10 Å². The Balaban J connectivity index is 1.68. The van der Waals surface area contributed by atoms with E-state index >= 15 is 4.39 Å². The zero-order chi connectivity index (χ0) is 31.7. The van der Waals surface area contributed by atoms with Gasteiger partial charge in [-0.2, -0.15) is 4.68 Å². The van der Waals surface area contributed by atoms with Crippen LogP contribution in [0.25, 0.3) is 16.8 Å². The summed E-state index contributed by atoms with van der Waals surface area (Å²) in [4.78, 5) is 35.8. The number of non-ortho nitro benzene ring substituents is 1. The number of aryl methyl sites for hydroxylation is 1. The van der Waals surface area contributed by atoms with Gasteiger partial charge in [0.1, 0.15) is 17.2 Å². The number of nitro groups is 1. The fourth-order valence-electron chi connectivity index (χ4n) is 4.21. The van der Waals surface area contributed by atoms with Crippen LogP contribution in [0.15, 0.2) is 70.4 Å². The topological polar surface area (TPSA) is 155 Å². The number of halogens is 2. The van der Waals surface area contributed by atoms with Crippen molar-refractivity contribution in [3.8, 4) is 16.8 Å². The second-order valence-electron chi connectivity index (χ2n) is 10.4. The van der Waals surface area contributed by atoms with Gasteiger partial charge in [-0.3, -0.25) is 14.7 Å². The standard InChI is InChI=1S/C28H27ClFN5O7S/c1-5-25-31-34(23-15-19(35(38)39)12-13-21(23)29)27(37)33(25)16-18-11-10-17(14-22(18)30)20-8-6-7-9-24(20)43(40,41)32-26(36)42-28(2,3)4/h6-15H,5,16H2,1-4H3,(H,32,36). The molecule has 1 N–H and O–H groups in total. The molecule has 0 aliphatic rings. The van der Waals surface area contributed by atoms with E-state index in [1.807, 2.05) is 4.72 Å². The molecule has 226 valence electrons. The molecule has 0 bridgehead atoms. The predicted molar refractivity (Wildman–Crippen MR) is 156 cm³/mol. The number of carbonyl (C=O) groups excluding carboxylic acids is 1. The number of rotatable bonds is 8. The third-order valence-corrected chi connectivity index (χ3v) is 7.80. The van der Waals surface area contributed by atoms with Crippen LogP contribution >= 0.6 is 11.6 Å². The number of sulfonamides is 1. The lowest BCUT2D eigenvalue weighted by Crippen LogP contribution is -2.36. The SMILES string of the molecule is CCc1nn(-c2cc([N+](=O)[O-])ccc2Cl)c(=O)n1Cc1ccc(-c2ccccc2S(=O)(=O)NC(=O)OC(C)(C)C)cc1F. The lowest BCUT2D eigenvalue weighted by molar-refractivity contribution is -0.384. The minimum atomic E-state index is -4.39. The van der Waals surface area contributed by atoms with Crippen LogP contribution < -0.4 is 10.4 Å². The molecule has 0 atom stereocenters. The van der Waals surface area contributed by atoms with Crippen LogP contribution in [0.3, 0.4) is 0 Å². The van der Waals surface area contributed by atoms with Crippen LogP contribution in [0.4, 0.5) is 14.9 Å². The molecule has 4 aromatic rings. The second-order valence-corrected chi connectivity index (χ2v) is 12.4. The minimum absolute atomic E-state index is 0.00273. The summed E-state index contributed by atoms with van der Waals surface area (Å²) in [7, 11) is -4.39. The van der Waals surface area contributed by atoms with E-state index in [0.717, 1.165) is 16.8 Å². The average molecular weight is 632 g/mol. The Labute approximate surface area is 250 Å². The van der Waals surface area contributed by atoms with Gasteiger partial charge in [0.15, 0.2) is 0 Å². The molecule has 43 heavy (non-hydrogen) atoms. The summed E-state index contributed by atoms with van der Waals surface area (Å²) in [6.07, 6.45) is -0.877. The first-order valence-corrected chi connectivity index (χ1v) is 14.7. The average Bonchev–Trinajstić information content (AvgIpc) is 3.23. The van der Waals surface area contributed by atoms with E-state index in [-0.39, 0.29) is 56.8 Å². The van der Waals surface area contributed by atoms with Crippen molar-refractivity contribution in [1.82, 2.24) is 19.1 Å². The lowest BCUT2D eigenvalue weighted by Gasteiger charge is -2.20. The largest absolute Gasteiger partial charge is 0.443 e. The molecule has 0 fully saturated rings. The van der Waals surface area contributed by atoms with Crippen LogP contribution in [-0.4, -0.2) is 39.4 Å². The van der Waals surface area contributed by atoms with Crippen LogP contribution in [0.5, 0.6) is 0 Å². The maximum atomic E-state index is 15.5. The smallest absolute Gasteiger partial charge is 0.421 e. The normalized spacial score (nSPS) is 11.8. The van der Waals surface area contributed by atoms with E-state index in [4.69, 9.17) is 16.3 Å². The number of hydrogen-bond donors (Lipinski definition) is 1. The van der Waals surface area contributed by atoms with E-state index in [1.165, 1.54) is 47.0 Å². The molecule has 0 radical (unpaired) electrons. The highest BCUT2D eigenvalue weighted by molar-refractivity contribution is 7.90. The Kier molecular flexibility index (Phi) is 8.74. The van der Waals surface area contributed by atoms with Crippen molar-refractivity contribution >= 4 is 33.4 Å². The summed E-state index contributed by atoms with van der Waals surface area (Å²) in [6, 6.07) is 13.4. The highest BCUT2D eigenvalue weighted by Crippen LogP contribution is 2.29. The van der Waals surface area contributed by atoms with E-state index in [1.54, 1.807) is 33.8 Å². The van der Waals surface area contributed by atoms with E-state index in [0.29, 0.717) is 0 Å². The molecule has 15 heteroatoms. The van der Waals surface area contributed by atoms with Gasteiger partial charge in [0.05, 0.1) is 27.1 Å². The van der Waals surface area contributed by atoms with Crippen molar-refractivity contribution in [3.63, 3.8) is 0 Å². The predicted octanol–water partition coefficient (Wildman–Crippen LogP) is 5.23. The zero-order valence-electron chi connectivity index (χ0n) is 23.5. The molecule has 3 aromatic carbocycles. The van der Waals surface area contributed by atoms with Crippen LogP contribution in [0, 0.1) is 15.9 Å². The van der Waals surface area contributed by atoms with Gasteiger partial charge >= 0.3 is 11.8 Å². The van der Waals surface area contributed by atoms with E-state index in [9.17, 15) is 28.1 Å². The summed E-state index contributed by atoms with van der Waals surface area (Å²) >= 11 is 6.21. The van der Waals surface area contributed by atoms with Crippen LogP contribution in [0.2, 0.25) is 5.02 Å². The number of benzene rings is 3. The first-order chi connectivity index (χ1) is 20.1. The fraction of sp³-hybridized carbons (Fsp3) is 0.250. The number of hydrogen-bond acceptors (Lipinski definition) is 8. The summed E-state index contributed by atoms with van der Waals surface area (Å²) in [5, 5.41) is 15.6. The third kappa shape index (κ3) is 6.92. The first kappa shape index (κ1) is 31.4. The Hall–Kier alpha value is -4.56. The summed E-state index contributed by atoms with van der Waals surface area (Å²) in [5.41, 5.74) is -1.48. The molecule has 12 nitrogen and oxygen atoms in total. The molecule has 0 aliphatic heterocycles. The van der Waals surface area contributed by atoms with E-state index in [2.05, 4.69) is 5.10 Å². The Morgan fingerprint density at radius 2 is 1.84 bits per heavy atom. The molecule has 0 unspecified atom stereocenters. The van der Waals surface area contributed by atoms with Crippen LogP contribution in [-0.2, 0) is 27.7 Å². The van der Waals surface area contributed by atoms with Crippen molar-refractivity contribution in [3.05, 3.63) is 103 Å². The van der Waals surface area contributed by atoms with Gasteiger partial charge in [0.2, 0.25) is 0 Å². The number of nitrogens with zero attached hydrogens (tertiary/aromatic N) is 4. The number of carbonyl (C=O) groups is 1. The number of aromatic nitrogens is 3. The van der Waals surface area contributed by atoms with Gasteiger partial charge in [0.25, 0.3) is 15.7 Å². The monoisotopic (exact) mass is 631 g/mol. The maximum Gasteiger partial charge on any atom is 0.421 e. The van der Waals surface area contributed by atoms with E-state index < -0.39 is 38.1 Å². The lowest BCUT2D eigenvalue weighted by atomic mass is 10.0.